The van der Waals surface area contributed by atoms with Crippen LogP contribution >= 0.6 is 0 Å². The van der Waals surface area contributed by atoms with E-state index in [1.165, 1.54) is 0 Å². The molecule has 1 rings (SSSR count). The Balaban J connectivity index is 2.78. The second-order valence-electron chi connectivity index (χ2n) is 4.65. The van der Waals surface area contributed by atoms with Crippen LogP contribution in [0.25, 0.3) is 0 Å². The second kappa shape index (κ2) is 5.10. The van der Waals surface area contributed by atoms with Gasteiger partial charge < -0.3 is 15.2 Å². The molecule has 0 saturated carbocycles. The molecule has 0 aliphatic carbocycles. The average molecular weight is 223 g/mol. The summed E-state index contributed by atoms with van der Waals surface area (Å²) in [6, 6.07) is 5.37. The Hall–Kier alpha value is -1.38. The molecule has 0 atom stereocenters. The number of benzene rings is 1. The molecule has 0 spiro atoms. The number of rotatable bonds is 5. The molecule has 90 valence electrons. The molecule has 0 saturated heterocycles. The van der Waals surface area contributed by atoms with Gasteiger partial charge in [-0.25, -0.2) is 0 Å². The van der Waals surface area contributed by atoms with Gasteiger partial charge >= 0.3 is 0 Å². The number of phenols is 1. The van der Waals surface area contributed by atoms with Gasteiger partial charge in [-0.15, -0.1) is 0 Å². The van der Waals surface area contributed by atoms with Crippen molar-refractivity contribution in [3.8, 4) is 11.5 Å². The number of methoxy groups -OCH3 is 1. The van der Waals surface area contributed by atoms with Crippen LogP contribution in [0.2, 0.25) is 0 Å². The SMILES string of the molecule is CCCC(C)(C)Nc1ccc(OC)c(O)c1. The summed E-state index contributed by atoms with van der Waals surface area (Å²) in [5.74, 6) is 0.665. The quantitative estimate of drug-likeness (QED) is 0.804. The standard InChI is InChI=1S/C13H21NO2/c1-5-8-13(2,3)14-10-6-7-12(16-4)11(15)9-10/h6-7,9,14-15H,5,8H2,1-4H3. The maximum atomic E-state index is 9.65. The Morgan fingerprint density at radius 1 is 1.38 bits per heavy atom. The summed E-state index contributed by atoms with van der Waals surface area (Å²) in [5, 5.41) is 13.0. The van der Waals surface area contributed by atoms with Crippen molar-refractivity contribution in [2.45, 2.75) is 39.2 Å². The highest BCUT2D eigenvalue weighted by molar-refractivity contribution is 5.55. The fourth-order valence-electron chi connectivity index (χ4n) is 1.85. The Labute approximate surface area is 97.4 Å². The minimum absolute atomic E-state index is 0.0375. The molecule has 1 aromatic rings. The molecular weight excluding hydrogens is 202 g/mol. The number of aromatic hydroxyl groups is 1. The highest BCUT2D eigenvalue weighted by atomic mass is 16.5. The van der Waals surface area contributed by atoms with Crippen molar-refractivity contribution in [2.24, 2.45) is 0 Å². The van der Waals surface area contributed by atoms with Gasteiger partial charge in [0.2, 0.25) is 0 Å². The summed E-state index contributed by atoms with van der Waals surface area (Å²) >= 11 is 0. The summed E-state index contributed by atoms with van der Waals surface area (Å²) < 4.78 is 5.00. The predicted molar refractivity (Wildman–Crippen MR) is 67.3 cm³/mol. The van der Waals surface area contributed by atoms with Gasteiger partial charge in [-0.05, 0) is 32.4 Å². The van der Waals surface area contributed by atoms with Crippen molar-refractivity contribution in [3.63, 3.8) is 0 Å². The largest absolute Gasteiger partial charge is 0.504 e. The topological polar surface area (TPSA) is 41.5 Å². The molecule has 0 aromatic heterocycles. The molecule has 0 aliphatic rings. The lowest BCUT2D eigenvalue weighted by Crippen LogP contribution is -2.30. The van der Waals surface area contributed by atoms with Crippen LogP contribution in [0.1, 0.15) is 33.6 Å². The highest BCUT2D eigenvalue weighted by Crippen LogP contribution is 2.30. The van der Waals surface area contributed by atoms with Gasteiger partial charge in [0.25, 0.3) is 0 Å². The third kappa shape index (κ3) is 3.33. The third-order valence-corrected chi connectivity index (χ3v) is 2.54. The van der Waals surface area contributed by atoms with Crippen molar-refractivity contribution in [2.75, 3.05) is 12.4 Å². The molecule has 3 heteroatoms. The van der Waals surface area contributed by atoms with Crippen LogP contribution in [0, 0.1) is 0 Å². The molecule has 0 unspecified atom stereocenters. The zero-order valence-electron chi connectivity index (χ0n) is 10.5. The van der Waals surface area contributed by atoms with Crippen molar-refractivity contribution in [1.82, 2.24) is 0 Å². The summed E-state index contributed by atoms with van der Waals surface area (Å²) in [4.78, 5) is 0. The molecule has 0 heterocycles. The smallest absolute Gasteiger partial charge is 0.160 e. The first-order valence-electron chi connectivity index (χ1n) is 5.63. The normalized spacial score (nSPS) is 11.2. The number of anilines is 1. The zero-order chi connectivity index (χ0) is 12.2. The van der Waals surface area contributed by atoms with Crippen molar-refractivity contribution >= 4 is 5.69 Å². The van der Waals surface area contributed by atoms with E-state index in [2.05, 4.69) is 26.1 Å². The number of phenolic OH excluding ortho intramolecular Hbond substituents is 1. The summed E-state index contributed by atoms with van der Waals surface area (Å²) in [5.41, 5.74) is 0.951. The van der Waals surface area contributed by atoms with Gasteiger partial charge in [0, 0.05) is 17.3 Å². The van der Waals surface area contributed by atoms with Gasteiger partial charge in [-0.3, -0.25) is 0 Å². The molecule has 3 nitrogen and oxygen atoms in total. The Bertz CT molecular complexity index is 348. The number of ether oxygens (including phenoxy) is 1. The number of nitrogens with one attached hydrogen (secondary N) is 1. The summed E-state index contributed by atoms with van der Waals surface area (Å²) in [6.07, 6.45) is 2.21. The maximum Gasteiger partial charge on any atom is 0.160 e. The first-order valence-corrected chi connectivity index (χ1v) is 5.63. The van der Waals surface area contributed by atoms with Crippen LogP contribution in [0.15, 0.2) is 18.2 Å². The highest BCUT2D eigenvalue weighted by Gasteiger charge is 2.16. The second-order valence-corrected chi connectivity index (χ2v) is 4.65. The summed E-state index contributed by atoms with van der Waals surface area (Å²) in [6.45, 7) is 6.46. The first-order chi connectivity index (χ1) is 7.48. The van der Waals surface area contributed by atoms with Crippen LogP contribution in [-0.4, -0.2) is 17.8 Å². The van der Waals surface area contributed by atoms with E-state index < -0.39 is 0 Å². The summed E-state index contributed by atoms with van der Waals surface area (Å²) in [7, 11) is 1.54. The molecular formula is C13H21NO2. The lowest BCUT2D eigenvalue weighted by molar-refractivity contribution is 0.373. The van der Waals surface area contributed by atoms with Gasteiger partial charge in [0.1, 0.15) is 0 Å². The fourth-order valence-corrected chi connectivity index (χ4v) is 1.85. The minimum atomic E-state index is 0.0375. The Kier molecular flexibility index (Phi) is 4.05. The molecule has 0 bridgehead atoms. The lowest BCUT2D eigenvalue weighted by atomic mass is 9.98. The van der Waals surface area contributed by atoms with E-state index in [0.717, 1.165) is 18.5 Å². The lowest BCUT2D eigenvalue weighted by Gasteiger charge is -2.27. The molecule has 16 heavy (non-hydrogen) atoms. The monoisotopic (exact) mass is 223 g/mol. The minimum Gasteiger partial charge on any atom is -0.504 e. The van der Waals surface area contributed by atoms with Gasteiger partial charge in [-0.1, -0.05) is 13.3 Å². The fraction of sp³-hybridized carbons (Fsp3) is 0.538. The molecule has 0 radical (unpaired) electrons. The Morgan fingerprint density at radius 3 is 2.56 bits per heavy atom. The third-order valence-electron chi connectivity index (χ3n) is 2.54. The number of hydrogen-bond donors (Lipinski definition) is 2. The van der Waals surface area contributed by atoms with E-state index in [9.17, 15) is 5.11 Å². The van der Waals surface area contributed by atoms with Crippen molar-refractivity contribution in [3.05, 3.63) is 18.2 Å². The maximum absolute atomic E-state index is 9.65. The van der Waals surface area contributed by atoms with Gasteiger partial charge in [-0.2, -0.15) is 0 Å². The predicted octanol–water partition coefficient (Wildman–Crippen LogP) is 3.39. The Morgan fingerprint density at radius 2 is 2.06 bits per heavy atom. The van der Waals surface area contributed by atoms with Crippen molar-refractivity contribution in [1.29, 1.82) is 0 Å². The molecule has 0 aliphatic heterocycles. The molecule has 1 aromatic carbocycles. The van der Waals surface area contributed by atoms with E-state index in [1.54, 1.807) is 19.2 Å². The number of hydrogen-bond acceptors (Lipinski definition) is 3. The van der Waals surface area contributed by atoms with Crippen LogP contribution in [0.5, 0.6) is 11.5 Å². The van der Waals surface area contributed by atoms with Crippen LogP contribution in [0.4, 0.5) is 5.69 Å². The molecule has 0 amide bonds. The van der Waals surface area contributed by atoms with Crippen molar-refractivity contribution < 1.29 is 9.84 Å². The molecule has 0 fully saturated rings. The zero-order valence-corrected chi connectivity index (χ0v) is 10.5. The average Bonchev–Trinajstić information content (AvgIpc) is 2.17. The van der Waals surface area contributed by atoms with Gasteiger partial charge in [0.15, 0.2) is 11.5 Å². The van der Waals surface area contributed by atoms with Gasteiger partial charge in [0.05, 0.1) is 7.11 Å². The van der Waals surface area contributed by atoms with E-state index in [4.69, 9.17) is 4.74 Å². The van der Waals surface area contributed by atoms with Crippen LogP contribution in [0.3, 0.4) is 0 Å². The van der Waals surface area contributed by atoms with E-state index in [-0.39, 0.29) is 11.3 Å². The molecule has 2 N–H and O–H groups in total. The van der Waals surface area contributed by atoms with E-state index in [0.29, 0.717) is 5.75 Å². The van der Waals surface area contributed by atoms with Crippen LogP contribution in [-0.2, 0) is 0 Å². The van der Waals surface area contributed by atoms with E-state index >= 15 is 0 Å². The van der Waals surface area contributed by atoms with E-state index in [1.807, 2.05) is 6.07 Å². The van der Waals surface area contributed by atoms with Crippen LogP contribution < -0.4 is 10.1 Å². The first kappa shape index (κ1) is 12.7.